The van der Waals surface area contributed by atoms with Crippen LogP contribution < -0.4 is 14.8 Å². The number of benzene rings is 2. The molecule has 6 nitrogen and oxygen atoms in total. The highest BCUT2D eigenvalue weighted by atomic mass is 35.5. The van der Waals surface area contributed by atoms with E-state index in [1.54, 1.807) is 36.4 Å². The molecule has 1 aliphatic rings. The van der Waals surface area contributed by atoms with Crippen molar-refractivity contribution < 1.29 is 23.8 Å². The average Bonchev–Trinajstić information content (AvgIpc) is 3.06. The quantitative estimate of drug-likeness (QED) is 0.841. The molecular weight excluding hydrogens is 334 g/mol. The maximum absolute atomic E-state index is 11.9. The molecular formula is C17H14ClNO5. The predicted octanol–water partition coefficient (Wildman–Crippen LogP) is 2.54. The number of hydrogen-bond acceptors (Lipinski definition) is 5. The molecule has 0 bridgehead atoms. The molecule has 0 aliphatic carbocycles. The van der Waals surface area contributed by atoms with E-state index in [0.717, 1.165) is 5.56 Å². The molecule has 0 aromatic heterocycles. The molecule has 0 radical (unpaired) electrons. The van der Waals surface area contributed by atoms with Crippen LogP contribution >= 0.6 is 11.6 Å². The minimum Gasteiger partial charge on any atom is -0.454 e. The number of fused-ring (bicyclic) bond motifs is 1. The first kappa shape index (κ1) is 16.1. The monoisotopic (exact) mass is 347 g/mol. The van der Waals surface area contributed by atoms with Crippen molar-refractivity contribution in [1.82, 2.24) is 5.32 Å². The fourth-order valence-corrected chi connectivity index (χ4v) is 2.22. The zero-order valence-electron chi connectivity index (χ0n) is 12.6. The lowest BCUT2D eigenvalue weighted by Crippen LogP contribution is -2.28. The summed E-state index contributed by atoms with van der Waals surface area (Å²) in [6.45, 7) is 0.0966. The highest BCUT2D eigenvalue weighted by Gasteiger charge is 2.17. The molecule has 0 spiro atoms. The molecule has 1 N–H and O–H groups in total. The van der Waals surface area contributed by atoms with Gasteiger partial charge in [-0.15, -0.1) is 0 Å². The number of hydrogen-bond donors (Lipinski definition) is 1. The van der Waals surface area contributed by atoms with Gasteiger partial charge >= 0.3 is 5.97 Å². The largest absolute Gasteiger partial charge is 0.454 e. The second kappa shape index (κ2) is 7.23. The van der Waals surface area contributed by atoms with Crippen LogP contribution in [0.2, 0.25) is 5.02 Å². The first-order valence-corrected chi connectivity index (χ1v) is 7.57. The molecule has 2 aromatic carbocycles. The number of esters is 1. The van der Waals surface area contributed by atoms with Gasteiger partial charge in [0.2, 0.25) is 6.79 Å². The van der Waals surface area contributed by atoms with Crippen molar-refractivity contribution in [2.45, 2.75) is 6.54 Å². The van der Waals surface area contributed by atoms with E-state index < -0.39 is 5.97 Å². The van der Waals surface area contributed by atoms with Crippen molar-refractivity contribution in [2.24, 2.45) is 0 Å². The summed E-state index contributed by atoms with van der Waals surface area (Å²) in [5.74, 6) is 0.0675. The Labute approximate surface area is 143 Å². The lowest BCUT2D eigenvalue weighted by molar-refractivity contribution is -0.124. The minimum atomic E-state index is -0.602. The Balaban J connectivity index is 1.47. The number of rotatable bonds is 5. The number of carbonyl (C=O) groups is 2. The number of carbonyl (C=O) groups excluding carboxylic acids is 2. The van der Waals surface area contributed by atoms with Gasteiger partial charge in [0, 0.05) is 11.6 Å². The lowest BCUT2D eigenvalue weighted by Gasteiger charge is -2.07. The van der Waals surface area contributed by atoms with Crippen LogP contribution in [-0.4, -0.2) is 25.3 Å². The highest BCUT2D eigenvalue weighted by Crippen LogP contribution is 2.32. The van der Waals surface area contributed by atoms with Crippen LogP contribution in [0.15, 0.2) is 42.5 Å². The van der Waals surface area contributed by atoms with Gasteiger partial charge in [0.15, 0.2) is 18.1 Å². The van der Waals surface area contributed by atoms with Gasteiger partial charge in [0.05, 0.1) is 5.56 Å². The first-order chi connectivity index (χ1) is 11.6. The van der Waals surface area contributed by atoms with E-state index in [1.165, 1.54) is 6.07 Å². The van der Waals surface area contributed by atoms with Crippen molar-refractivity contribution in [3.63, 3.8) is 0 Å². The van der Waals surface area contributed by atoms with E-state index in [4.69, 9.17) is 25.8 Å². The number of amides is 1. The van der Waals surface area contributed by atoms with Crippen LogP contribution in [0.5, 0.6) is 11.5 Å². The second-order valence-electron chi connectivity index (χ2n) is 5.05. The molecule has 1 amide bonds. The van der Waals surface area contributed by atoms with Crippen LogP contribution in [0.1, 0.15) is 15.9 Å². The maximum Gasteiger partial charge on any atom is 0.338 e. The molecule has 3 rings (SSSR count). The molecule has 124 valence electrons. The Hall–Kier alpha value is -2.73. The van der Waals surface area contributed by atoms with E-state index in [9.17, 15) is 9.59 Å². The van der Waals surface area contributed by atoms with Gasteiger partial charge in [-0.3, -0.25) is 4.79 Å². The van der Waals surface area contributed by atoms with Crippen LogP contribution in [0.25, 0.3) is 0 Å². The smallest absolute Gasteiger partial charge is 0.338 e. The summed E-state index contributed by atoms with van der Waals surface area (Å²) in [6, 6.07) is 11.8. The topological polar surface area (TPSA) is 73.9 Å². The summed E-state index contributed by atoms with van der Waals surface area (Å²) < 4.78 is 15.3. The zero-order valence-corrected chi connectivity index (χ0v) is 13.3. The molecule has 7 heteroatoms. The first-order valence-electron chi connectivity index (χ1n) is 7.20. The SMILES string of the molecule is O=C(COC(=O)c1ccc2c(c1)OCO2)NCc1ccc(Cl)cc1. The molecule has 24 heavy (non-hydrogen) atoms. The molecule has 0 saturated carbocycles. The van der Waals surface area contributed by atoms with Crippen LogP contribution in [0.3, 0.4) is 0 Å². The van der Waals surface area contributed by atoms with Gasteiger partial charge in [-0.25, -0.2) is 4.79 Å². The molecule has 0 atom stereocenters. The summed E-state index contributed by atoms with van der Waals surface area (Å²) >= 11 is 5.79. The molecule has 2 aromatic rings. The molecule has 0 saturated heterocycles. The summed E-state index contributed by atoms with van der Waals surface area (Å²) in [6.07, 6.45) is 0. The molecule has 1 aliphatic heterocycles. The van der Waals surface area contributed by atoms with Crippen LogP contribution in [0.4, 0.5) is 0 Å². The standard InChI is InChI=1S/C17H14ClNO5/c18-13-4-1-11(2-5-13)8-19-16(20)9-22-17(21)12-3-6-14-15(7-12)24-10-23-14/h1-7H,8-10H2,(H,19,20). The van der Waals surface area contributed by atoms with E-state index in [1.807, 2.05) is 0 Å². The summed E-state index contributed by atoms with van der Waals surface area (Å²) in [4.78, 5) is 23.7. The minimum absolute atomic E-state index is 0.126. The Bertz CT molecular complexity index is 760. The third kappa shape index (κ3) is 3.97. The number of nitrogens with one attached hydrogen (secondary N) is 1. The van der Waals surface area contributed by atoms with E-state index in [-0.39, 0.29) is 19.3 Å². The van der Waals surface area contributed by atoms with E-state index in [0.29, 0.717) is 28.6 Å². The predicted molar refractivity (Wildman–Crippen MR) is 86.1 cm³/mol. The van der Waals surface area contributed by atoms with Crippen LogP contribution in [-0.2, 0) is 16.1 Å². The Morgan fingerprint density at radius 3 is 2.62 bits per heavy atom. The van der Waals surface area contributed by atoms with E-state index in [2.05, 4.69) is 5.32 Å². The van der Waals surface area contributed by atoms with Crippen LogP contribution in [0, 0.1) is 0 Å². The fourth-order valence-electron chi connectivity index (χ4n) is 2.09. The molecule has 1 heterocycles. The van der Waals surface area contributed by atoms with Gasteiger partial charge < -0.3 is 19.5 Å². The summed E-state index contributed by atoms with van der Waals surface area (Å²) in [7, 11) is 0. The van der Waals surface area contributed by atoms with Gasteiger partial charge in [-0.2, -0.15) is 0 Å². The Morgan fingerprint density at radius 2 is 1.83 bits per heavy atom. The Morgan fingerprint density at radius 1 is 1.08 bits per heavy atom. The van der Waals surface area contributed by atoms with Gasteiger partial charge in [-0.05, 0) is 35.9 Å². The maximum atomic E-state index is 11.9. The lowest BCUT2D eigenvalue weighted by atomic mass is 10.2. The van der Waals surface area contributed by atoms with E-state index >= 15 is 0 Å². The van der Waals surface area contributed by atoms with Gasteiger partial charge in [0.1, 0.15) is 0 Å². The van der Waals surface area contributed by atoms with Gasteiger partial charge in [0.25, 0.3) is 5.91 Å². The summed E-state index contributed by atoms with van der Waals surface area (Å²) in [5.41, 5.74) is 1.19. The van der Waals surface area contributed by atoms with Crippen molar-refractivity contribution in [2.75, 3.05) is 13.4 Å². The normalized spacial score (nSPS) is 11.9. The fraction of sp³-hybridized carbons (Fsp3) is 0.176. The van der Waals surface area contributed by atoms with Crippen molar-refractivity contribution >= 4 is 23.5 Å². The van der Waals surface area contributed by atoms with Crippen molar-refractivity contribution in [3.05, 3.63) is 58.6 Å². The van der Waals surface area contributed by atoms with Crippen molar-refractivity contribution in [1.29, 1.82) is 0 Å². The number of ether oxygens (including phenoxy) is 3. The van der Waals surface area contributed by atoms with Crippen molar-refractivity contribution in [3.8, 4) is 11.5 Å². The van der Waals surface area contributed by atoms with Gasteiger partial charge in [-0.1, -0.05) is 23.7 Å². The molecule has 0 unspecified atom stereocenters. The highest BCUT2D eigenvalue weighted by molar-refractivity contribution is 6.30. The second-order valence-corrected chi connectivity index (χ2v) is 5.48. The number of halogens is 1. The average molecular weight is 348 g/mol. The Kier molecular flexibility index (Phi) is 4.86. The molecule has 0 fully saturated rings. The third-order valence-electron chi connectivity index (χ3n) is 3.35. The third-order valence-corrected chi connectivity index (χ3v) is 3.60. The summed E-state index contributed by atoms with van der Waals surface area (Å²) in [5, 5.41) is 3.29. The zero-order chi connectivity index (χ0) is 16.9.